The Morgan fingerprint density at radius 3 is 2.48 bits per heavy atom. The van der Waals surface area contributed by atoms with Gasteiger partial charge in [-0.1, -0.05) is 28.1 Å². The van der Waals surface area contributed by atoms with Gasteiger partial charge in [0.1, 0.15) is 0 Å². The van der Waals surface area contributed by atoms with Crippen LogP contribution in [0, 0.1) is 0 Å². The molecule has 0 radical (unpaired) electrons. The fourth-order valence-corrected chi connectivity index (χ4v) is 2.07. The van der Waals surface area contributed by atoms with Crippen LogP contribution in [0.2, 0.25) is 0 Å². The molecule has 21 heavy (non-hydrogen) atoms. The van der Waals surface area contributed by atoms with E-state index in [1.807, 2.05) is 24.3 Å². The number of hydrogen-bond acceptors (Lipinski definition) is 3. The number of ether oxygens (including phenoxy) is 1. The molecule has 0 aliphatic rings. The first-order valence-corrected chi connectivity index (χ1v) is 7.58. The summed E-state index contributed by atoms with van der Waals surface area (Å²) in [6, 6.07) is 7.63. The second kappa shape index (κ2) is 9.52. The van der Waals surface area contributed by atoms with Crippen molar-refractivity contribution in [1.29, 1.82) is 0 Å². The molecule has 1 aromatic rings. The van der Waals surface area contributed by atoms with Gasteiger partial charge in [0.05, 0.1) is 13.0 Å². The number of hydrogen-bond donors (Lipinski definition) is 1. The van der Waals surface area contributed by atoms with E-state index < -0.39 is 0 Å². The molecule has 0 saturated carbocycles. The first kappa shape index (κ1) is 17.7. The van der Waals surface area contributed by atoms with Gasteiger partial charge in [-0.15, -0.1) is 0 Å². The summed E-state index contributed by atoms with van der Waals surface area (Å²) in [6.07, 6.45) is 0.339. The molecule has 2 amide bonds. The zero-order valence-electron chi connectivity index (χ0n) is 12.4. The highest BCUT2D eigenvalue weighted by molar-refractivity contribution is 9.10. The molecular weight excluding hydrogens is 336 g/mol. The molecule has 0 aromatic heterocycles. The molecule has 0 saturated heterocycles. The lowest BCUT2D eigenvalue weighted by Gasteiger charge is -2.20. The first-order chi connectivity index (χ1) is 10.0. The molecule has 0 aliphatic carbocycles. The van der Waals surface area contributed by atoms with Crippen LogP contribution in [0.5, 0.6) is 0 Å². The van der Waals surface area contributed by atoms with Gasteiger partial charge in [-0.2, -0.15) is 0 Å². The fraction of sp³-hybridized carbons (Fsp3) is 0.467. The third kappa shape index (κ3) is 7.24. The van der Waals surface area contributed by atoms with Crippen molar-refractivity contribution in [3.05, 3.63) is 34.3 Å². The molecule has 0 heterocycles. The number of carbonyl (C=O) groups is 2. The summed E-state index contributed by atoms with van der Waals surface area (Å²) in [5.74, 6) is -0.0678. The SMILES string of the molecule is COCCN(CCNC(=O)Cc1ccc(Br)cc1)C(C)=O. The molecule has 1 N–H and O–H groups in total. The molecular formula is C15H21BrN2O3. The van der Waals surface area contributed by atoms with Crippen molar-refractivity contribution >= 4 is 27.7 Å². The second-order valence-electron chi connectivity index (χ2n) is 4.65. The smallest absolute Gasteiger partial charge is 0.224 e. The Hall–Kier alpha value is -1.40. The van der Waals surface area contributed by atoms with Crippen LogP contribution in [-0.4, -0.2) is 50.1 Å². The standard InChI is InChI=1S/C15H21BrN2O3/c1-12(19)18(9-10-21-2)8-7-17-15(20)11-13-3-5-14(16)6-4-13/h3-6H,7-11H2,1-2H3,(H,17,20). The molecule has 1 aromatic carbocycles. The summed E-state index contributed by atoms with van der Waals surface area (Å²) in [6.45, 7) is 3.48. The molecule has 6 heteroatoms. The van der Waals surface area contributed by atoms with Crippen molar-refractivity contribution < 1.29 is 14.3 Å². The van der Waals surface area contributed by atoms with Gasteiger partial charge in [0.15, 0.2) is 0 Å². The third-order valence-corrected chi connectivity index (χ3v) is 3.52. The summed E-state index contributed by atoms with van der Waals surface area (Å²) in [5.41, 5.74) is 0.957. The van der Waals surface area contributed by atoms with Gasteiger partial charge in [0.2, 0.25) is 11.8 Å². The predicted molar refractivity (Wildman–Crippen MR) is 85.0 cm³/mol. The molecule has 0 unspecified atom stereocenters. The number of carbonyl (C=O) groups excluding carboxylic acids is 2. The lowest BCUT2D eigenvalue weighted by molar-refractivity contribution is -0.130. The summed E-state index contributed by atoms with van der Waals surface area (Å²) in [7, 11) is 1.60. The summed E-state index contributed by atoms with van der Waals surface area (Å²) in [5, 5.41) is 2.82. The first-order valence-electron chi connectivity index (χ1n) is 6.78. The fourth-order valence-electron chi connectivity index (χ4n) is 1.81. The van der Waals surface area contributed by atoms with Crippen molar-refractivity contribution in [2.75, 3.05) is 33.4 Å². The van der Waals surface area contributed by atoms with Crippen molar-refractivity contribution in [2.24, 2.45) is 0 Å². The lowest BCUT2D eigenvalue weighted by atomic mass is 10.1. The molecule has 0 atom stereocenters. The van der Waals surface area contributed by atoms with Gasteiger partial charge < -0.3 is 15.0 Å². The van der Waals surface area contributed by atoms with Gasteiger partial charge in [-0.05, 0) is 17.7 Å². The van der Waals surface area contributed by atoms with Crippen molar-refractivity contribution in [1.82, 2.24) is 10.2 Å². The van der Waals surface area contributed by atoms with Gasteiger partial charge in [-0.25, -0.2) is 0 Å². The van der Waals surface area contributed by atoms with Crippen LogP contribution in [-0.2, 0) is 20.7 Å². The van der Waals surface area contributed by atoms with Crippen LogP contribution in [0.4, 0.5) is 0 Å². The minimum atomic E-state index is -0.0485. The maximum absolute atomic E-state index is 11.8. The Kier molecular flexibility index (Phi) is 8.00. The molecule has 0 aliphatic heterocycles. The molecule has 1 rings (SSSR count). The average molecular weight is 357 g/mol. The third-order valence-electron chi connectivity index (χ3n) is 2.99. The molecule has 0 spiro atoms. The zero-order chi connectivity index (χ0) is 15.7. The number of methoxy groups -OCH3 is 1. The van der Waals surface area contributed by atoms with Crippen molar-refractivity contribution in [3.63, 3.8) is 0 Å². The second-order valence-corrected chi connectivity index (χ2v) is 5.57. The topological polar surface area (TPSA) is 58.6 Å². The maximum atomic E-state index is 11.8. The zero-order valence-corrected chi connectivity index (χ0v) is 14.0. The van der Waals surface area contributed by atoms with Crippen LogP contribution in [0.3, 0.4) is 0 Å². The normalized spacial score (nSPS) is 10.2. The number of nitrogens with one attached hydrogen (secondary N) is 1. The lowest BCUT2D eigenvalue weighted by Crippen LogP contribution is -2.39. The van der Waals surface area contributed by atoms with Gasteiger partial charge in [0, 0.05) is 38.1 Å². The van der Waals surface area contributed by atoms with E-state index in [0.29, 0.717) is 32.7 Å². The monoisotopic (exact) mass is 356 g/mol. The Balaban J connectivity index is 2.31. The molecule has 0 bridgehead atoms. The average Bonchev–Trinajstić information content (AvgIpc) is 2.44. The largest absolute Gasteiger partial charge is 0.383 e. The summed E-state index contributed by atoms with van der Waals surface area (Å²) < 4.78 is 5.94. The highest BCUT2D eigenvalue weighted by atomic mass is 79.9. The van der Waals surface area contributed by atoms with E-state index >= 15 is 0 Å². The van der Waals surface area contributed by atoms with E-state index in [1.54, 1.807) is 12.0 Å². The summed E-state index contributed by atoms with van der Waals surface area (Å²) in [4.78, 5) is 24.9. The van der Waals surface area contributed by atoms with Crippen molar-refractivity contribution in [2.45, 2.75) is 13.3 Å². The van der Waals surface area contributed by atoms with E-state index in [2.05, 4.69) is 21.2 Å². The van der Waals surface area contributed by atoms with Crippen molar-refractivity contribution in [3.8, 4) is 0 Å². The van der Waals surface area contributed by atoms with Crippen LogP contribution < -0.4 is 5.32 Å². The van der Waals surface area contributed by atoms with Crippen LogP contribution in [0.1, 0.15) is 12.5 Å². The Morgan fingerprint density at radius 1 is 1.24 bits per heavy atom. The van der Waals surface area contributed by atoms with E-state index in [-0.39, 0.29) is 11.8 Å². The predicted octanol–water partition coefficient (Wildman–Crippen LogP) is 1.60. The number of nitrogens with zero attached hydrogens (tertiary/aromatic N) is 1. The molecule has 116 valence electrons. The highest BCUT2D eigenvalue weighted by Gasteiger charge is 2.09. The Morgan fingerprint density at radius 2 is 1.90 bits per heavy atom. The van der Waals surface area contributed by atoms with E-state index in [0.717, 1.165) is 10.0 Å². The quantitative estimate of drug-likeness (QED) is 0.769. The van der Waals surface area contributed by atoms with Crippen LogP contribution in [0.15, 0.2) is 28.7 Å². The van der Waals surface area contributed by atoms with E-state index in [9.17, 15) is 9.59 Å². The van der Waals surface area contributed by atoms with E-state index in [1.165, 1.54) is 6.92 Å². The molecule has 0 fully saturated rings. The Labute approximate surface area is 133 Å². The number of benzene rings is 1. The minimum Gasteiger partial charge on any atom is -0.383 e. The summed E-state index contributed by atoms with van der Waals surface area (Å²) >= 11 is 3.36. The number of halogens is 1. The number of rotatable bonds is 8. The van der Waals surface area contributed by atoms with E-state index in [4.69, 9.17) is 4.74 Å². The number of amides is 2. The maximum Gasteiger partial charge on any atom is 0.224 e. The highest BCUT2D eigenvalue weighted by Crippen LogP contribution is 2.10. The minimum absolute atomic E-state index is 0.0193. The van der Waals surface area contributed by atoms with Gasteiger partial charge in [-0.3, -0.25) is 9.59 Å². The van der Waals surface area contributed by atoms with Crippen LogP contribution in [0.25, 0.3) is 0 Å². The van der Waals surface area contributed by atoms with Gasteiger partial charge >= 0.3 is 0 Å². The Bertz CT molecular complexity index is 462. The van der Waals surface area contributed by atoms with Gasteiger partial charge in [0.25, 0.3) is 0 Å². The van der Waals surface area contributed by atoms with Crippen LogP contribution >= 0.6 is 15.9 Å². The molecule has 5 nitrogen and oxygen atoms in total.